The van der Waals surface area contributed by atoms with Crippen molar-refractivity contribution in [2.75, 3.05) is 26.4 Å². The van der Waals surface area contributed by atoms with E-state index in [-0.39, 0.29) is 47.2 Å². The maximum absolute atomic E-state index is 12.1. The molecule has 23 heteroatoms. The highest BCUT2D eigenvalue weighted by molar-refractivity contribution is 5.15. The summed E-state index contributed by atoms with van der Waals surface area (Å²) in [6, 6.07) is 0. The summed E-state index contributed by atoms with van der Waals surface area (Å²) in [6.45, 7) is 8.46. The second kappa shape index (κ2) is 22.6. The van der Waals surface area contributed by atoms with E-state index in [0.717, 1.165) is 38.5 Å². The molecule has 9 aliphatic rings. The monoisotopic (exact) mass is 1070 g/mol. The van der Waals surface area contributed by atoms with Gasteiger partial charge in [-0.3, -0.25) is 0 Å². The van der Waals surface area contributed by atoms with E-state index in [1.54, 1.807) is 0 Å². The second-order valence-corrected chi connectivity index (χ2v) is 24.3. The molecule has 32 atom stereocenters. The van der Waals surface area contributed by atoms with Crippen molar-refractivity contribution in [2.24, 2.45) is 52.3 Å². The first-order valence-electron chi connectivity index (χ1n) is 27.2. The topological polar surface area (TPSA) is 366 Å². The molecule has 0 radical (unpaired) electrons. The van der Waals surface area contributed by atoms with E-state index >= 15 is 0 Å². The van der Waals surface area contributed by atoms with Gasteiger partial charge in [-0.2, -0.15) is 0 Å². The fraction of sp³-hybridized carbons (Fsp3) is 1.00. The standard InChI is InChI=1S/C51H86O23/c1-20(19-66-45-40(62)38(60)34(56)29(16-52)69-45)8-13-51(65)21(2)32-28(74-51)15-27-25-7-6-23-14-24(9-11-49(23,4)26(25)10-12-50(27,32)5)68-48-44(73-47-42(64)39(61)35(57)30(17-53)70-47)43(36(58)31(18-54)71-48)72-46-41(63)37(59)33(55)22(3)67-46/h20-48,52-65H,6-19H2,1-5H3. The summed E-state index contributed by atoms with van der Waals surface area (Å²) in [6.07, 6.45) is -23.1. The van der Waals surface area contributed by atoms with Gasteiger partial charge < -0.3 is 114 Å². The molecule has 9 rings (SSSR count). The highest BCUT2D eigenvalue weighted by Gasteiger charge is 2.68. The normalized spacial score (nSPS) is 56.0. The smallest absolute Gasteiger partial charge is 0.187 e. The van der Waals surface area contributed by atoms with Gasteiger partial charge in [0.05, 0.1) is 44.7 Å². The van der Waals surface area contributed by atoms with Crippen LogP contribution in [0.4, 0.5) is 0 Å². The summed E-state index contributed by atoms with van der Waals surface area (Å²) in [5, 5.41) is 149. The molecular weight excluding hydrogens is 981 g/mol. The lowest BCUT2D eigenvalue weighted by Gasteiger charge is -2.61. The average Bonchev–Trinajstić information content (AvgIpc) is 3.83. The van der Waals surface area contributed by atoms with Crippen LogP contribution < -0.4 is 0 Å². The Morgan fingerprint density at radius 2 is 1.11 bits per heavy atom. The van der Waals surface area contributed by atoms with Gasteiger partial charge in [0.25, 0.3) is 0 Å². The number of hydrogen-bond acceptors (Lipinski definition) is 23. The molecule has 4 aliphatic carbocycles. The van der Waals surface area contributed by atoms with Crippen LogP contribution in [0.1, 0.15) is 98.8 Å². The molecule has 428 valence electrons. The molecule has 0 spiro atoms. The second-order valence-electron chi connectivity index (χ2n) is 24.3. The van der Waals surface area contributed by atoms with Gasteiger partial charge in [0.1, 0.15) is 91.6 Å². The fourth-order valence-corrected chi connectivity index (χ4v) is 15.6. The van der Waals surface area contributed by atoms with Crippen molar-refractivity contribution < 1.29 is 114 Å². The first kappa shape index (κ1) is 57.8. The quantitative estimate of drug-likeness (QED) is 0.0730. The predicted molar refractivity (Wildman–Crippen MR) is 250 cm³/mol. The van der Waals surface area contributed by atoms with Crippen molar-refractivity contribution in [3.05, 3.63) is 0 Å². The predicted octanol–water partition coefficient (Wildman–Crippen LogP) is -2.93. The van der Waals surface area contributed by atoms with Crippen LogP contribution in [0.2, 0.25) is 0 Å². The van der Waals surface area contributed by atoms with E-state index in [0.29, 0.717) is 43.4 Å². The minimum absolute atomic E-state index is 0.0332. The van der Waals surface area contributed by atoms with E-state index in [1.807, 2.05) is 6.92 Å². The van der Waals surface area contributed by atoms with Gasteiger partial charge >= 0.3 is 0 Å². The van der Waals surface area contributed by atoms with Gasteiger partial charge in [-0.1, -0.05) is 27.7 Å². The van der Waals surface area contributed by atoms with Crippen LogP contribution in [0.15, 0.2) is 0 Å². The van der Waals surface area contributed by atoms with E-state index in [2.05, 4.69) is 20.8 Å². The lowest BCUT2D eigenvalue weighted by Crippen LogP contribution is -2.67. The maximum Gasteiger partial charge on any atom is 0.187 e. The average molecular weight is 1070 g/mol. The lowest BCUT2D eigenvalue weighted by molar-refractivity contribution is -0.395. The van der Waals surface area contributed by atoms with Crippen LogP contribution in [-0.2, 0) is 42.6 Å². The first-order chi connectivity index (χ1) is 35.0. The molecule has 23 nitrogen and oxygen atoms in total. The highest BCUT2D eigenvalue weighted by atomic mass is 16.8. The molecule has 5 aliphatic heterocycles. The molecule has 0 bridgehead atoms. The molecule has 4 saturated carbocycles. The van der Waals surface area contributed by atoms with Gasteiger partial charge in [0.2, 0.25) is 0 Å². The summed E-state index contributed by atoms with van der Waals surface area (Å²) >= 11 is 0. The summed E-state index contributed by atoms with van der Waals surface area (Å²) in [5.74, 6) is 0.131. The molecule has 5 heterocycles. The Hall–Kier alpha value is -0.920. The number of fused-ring (bicyclic) bond motifs is 7. The van der Waals surface area contributed by atoms with Gasteiger partial charge in [-0.05, 0) is 111 Å². The third-order valence-electron chi connectivity index (χ3n) is 20.1. The molecular formula is C51H86O23. The van der Waals surface area contributed by atoms with Gasteiger partial charge in [-0.15, -0.1) is 0 Å². The van der Waals surface area contributed by atoms with E-state index in [4.69, 9.17) is 42.6 Å². The van der Waals surface area contributed by atoms with Crippen molar-refractivity contribution in [2.45, 2.75) is 240 Å². The summed E-state index contributed by atoms with van der Waals surface area (Å²) in [7, 11) is 0. The van der Waals surface area contributed by atoms with E-state index in [9.17, 15) is 71.5 Å². The van der Waals surface area contributed by atoms with Crippen molar-refractivity contribution in [3.8, 4) is 0 Å². The molecule has 74 heavy (non-hydrogen) atoms. The summed E-state index contributed by atoms with van der Waals surface area (Å²) < 4.78 is 54.8. The largest absolute Gasteiger partial charge is 0.394 e. The molecule has 32 unspecified atom stereocenters. The minimum atomic E-state index is -1.86. The first-order valence-corrected chi connectivity index (χ1v) is 27.2. The zero-order chi connectivity index (χ0) is 53.5. The van der Waals surface area contributed by atoms with Crippen LogP contribution in [-0.4, -0.2) is 239 Å². The molecule has 0 amide bonds. The fourth-order valence-electron chi connectivity index (χ4n) is 15.6. The minimum Gasteiger partial charge on any atom is -0.394 e. The number of ether oxygens (including phenoxy) is 9. The van der Waals surface area contributed by atoms with Crippen molar-refractivity contribution >= 4 is 0 Å². The van der Waals surface area contributed by atoms with Crippen LogP contribution in [0.25, 0.3) is 0 Å². The van der Waals surface area contributed by atoms with E-state index < -0.39 is 155 Å². The van der Waals surface area contributed by atoms with Crippen LogP contribution >= 0.6 is 0 Å². The number of rotatable bonds is 15. The third kappa shape index (κ3) is 10.3. The summed E-state index contributed by atoms with van der Waals surface area (Å²) in [5.41, 5.74) is -0.0824. The molecule has 0 aromatic carbocycles. The molecule has 0 aromatic rings. The Morgan fingerprint density at radius 1 is 0.554 bits per heavy atom. The van der Waals surface area contributed by atoms with Crippen molar-refractivity contribution in [3.63, 3.8) is 0 Å². The zero-order valence-corrected chi connectivity index (χ0v) is 43.1. The molecule has 14 N–H and O–H groups in total. The van der Waals surface area contributed by atoms with Gasteiger partial charge in [0, 0.05) is 12.3 Å². The Kier molecular flexibility index (Phi) is 17.6. The molecule has 0 aromatic heterocycles. The Bertz CT molecular complexity index is 1850. The van der Waals surface area contributed by atoms with Crippen molar-refractivity contribution in [1.29, 1.82) is 0 Å². The van der Waals surface area contributed by atoms with Crippen LogP contribution in [0, 0.1) is 52.3 Å². The van der Waals surface area contributed by atoms with Gasteiger partial charge in [0.15, 0.2) is 30.9 Å². The number of aliphatic hydroxyl groups excluding tert-OH is 13. The lowest BCUT2D eigenvalue weighted by atomic mass is 9.44. The SMILES string of the molecule is CC(CCC1(O)OC2CC3C4CCC5CC(OC6OC(CO)C(O)C(OC7OC(C)C(O)C(O)C7O)C6OC6OC(CO)C(O)C(O)C6O)CCC5(C)C4CCC3(C)C2C1C)COC1OC(CO)C(O)C(O)C1O. The van der Waals surface area contributed by atoms with Crippen molar-refractivity contribution in [1.82, 2.24) is 0 Å². The molecule has 9 fully saturated rings. The van der Waals surface area contributed by atoms with Crippen LogP contribution in [0.3, 0.4) is 0 Å². The third-order valence-corrected chi connectivity index (χ3v) is 20.1. The Balaban J connectivity index is 0.849. The zero-order valence-electron chi connectivity index (χ0n) is 43.1. The van der Waals surface area contributed by atoms with Crippen LogP contribution in [0.5, 0.6) is 0 Å². The highest BCUT2D eigenvalue weighted by Crippen LogP contribution is 2.71. The maximum atomic E-state index is 12.1. The number of aliphatic hydroxyl groups is 14. The summed E-state index contributed by atoms with van der Waals surface area (Å²) in [4.78, 5) is 0. The van der Waals surface area contributed by atoms with Gasteiger partial charge in [-0.25, -0.2) is 0 Å². The number of hydrogen-bond donors (Lipinski definition) is 14. The van der Waals surface area contributed by atoms with E-state index in [1.165, 1.54) is 6.92 Å². The molecule has 5 saturated heterocycles. The Labute approximate surface area is 431 Å². The Morgan fingerprint density at radius 3 is 1.76 bits per heavy atom.